The highest BCUT2D eigenvalue weighted by molar-refractivity contribution is 7.92. The van der Waals surface area contributed by atoms with Crippen LogP contribution in [0.4, 0.5) is 11.4 Å². The summed E-state index contributed by atoms with van der Waals surface area (Å²) in [6.07, 6.45) is 5.35. The molecule has 0 saturated heterocycles. The van der Waals surface area contributed by atoms with E-state index < -0.39 is 10.0 Å². The van der Waals surface area contributed by atoms with Crippen molar-refractivity contribution in [1.82, 2.24) is 0 Å². The normalized spacial score (nSPS) is 21.5. The summed E-state index contributed by atoms with van der Waals surface area (Å²) in [5, 5.41) is 4.36. The Hall–Kier alpha value is -2.47. The summed E-state index contributed by atoms with van der Waals surface area (Å²) >= 11 is 12.1. The fourth-order valence-corrected chi connectivity index (χ4v) is 6.34. The van der Waals surface area contributed by atoms with Gasteiger partial charge in [0.15, 0.2) is 0 Å². The number of benzene rings is 3. The van der Waals surface area contributed by atoms with E-state index in [0.717, 1.165) is 17.7 Å². The fraction of sp³-hybridized carbons (Fsp3) is 0.200. The summed E-state index contributed by atoms with van der Waals surface area (Å²) in [6, 6.07) is 18.7. The first kappa shape index (κ1) is 21.4. The minimum Gasteiger partial charge on any atom is -0.378 e. The Balaban J connectivity index is 1.49. The zero-order valence-corrected chi connectivity index (χ0v) is 19.7. The van der Waals surface area contributed by atoms with Crippen LogP contribution in [0, 0.1) is 12.8 Å². The van der Waals surface area contributed by atoms with Crippen molar-refractivity contribution in [3.8, 4) is 0 Å². The molecule has 1 aliphatic heterocycles. The number of halogens is 2. The molecule has 0 unspecified atom stereocenters. The minimum atomic E-state index is -3.81. The maximum atomic E-state index is 13.1. The SMILES string of the molecule is Cc1cccc([C@H]2Nc3ccc(S(=O)(=O)Nc4ccc(Cl)cc4Cl)cc3[C@H]3C=CC[C@H]32)c1. The lowest BCUT2D eigenvalue weighted by molar-refractivity contribution is 0.425. The van der Waals surface area contributed by atoms with Crippen molar-refractivity contribution >= 4 is 44.6 Å². The molecule has 1 heterocycles. The van der Waals surface area contributed by atoms with E-state index >= 15 is 0 Å². The molecular formula is C25H22Cl2N2O2S. The van der Waals surface area contributed by atoms with E-state index in [1.54, 1.807) is 24.3 Å². The van der Waals surface area contributed by atoms with Crippen LogP contribution in [0.25, 0.3) is 0 Å². The van der Waals surface area contributed by atoms with Gasteiger partial charge in [-0.25, -0.2) is 8.42 Å². The molecule has 32 heavy (non-hydrogen) atoms. The fourth-order valence-electron chi connectivity index (χ4n) is 4.71. The molecular weight excluding hydrogens is 463 g/mol. The summed E-state index contributed by atoms with van der Waals surface area (Å²) in [5.41, 5.74) is 4.74. The number of anilines is 2. The number of allylic oxidation sites excluding steroid dienone is 2. The predicted octanol–water partition coefficient (Wildman–Crippen LogP) is 6.93. The molecule has 0 saturated carbocycles. The first-order chi connectivity index (χ1) is 15.3. The summed E-state index contributed by atoms with van der Waals surface area (Å²) < 4.78 is 28.8. The molecule has 0 fully saturated rings. The van der Waals surface area contributed by atoms with E-state index in [0.29, 0.717) is 16.6 Å². The van der Waals surface area contributed by atoms with Crippen molar-refractivity contribution in [2.75, 3.05) is 10.0 Å². The van der Waals surface area contributed by atoms with Gasteiger partial charge in [0.1, 0.15) is 0 Å². The third kappa shape index (κ3) is 3.90. The second-order valence-electron chi connectivity index (χ2n) is 8.37. The lowest BCUT2D eigenvalue weighted by Gasteiger charge is -2.37. The van der Waals surface area contributed by atoms with Crippen LogP contribution < -0.4 is 10.0 Å². The van der Waals surface area contributed by atoms with Crippen LogP contribution in [0.3, 0.4) is 0 Å². The quantitative estimate of drug-likeness (QED) is 0.394. The van der Waals surface area contributed by atoms with Gasteiger partial charge in [-0.15, -0.1) is 0 Å². The van der Waals surface area contributed by atoms with Gasteiger partial charge in [-0.2, -0.15) is 0 Å². The number of nitrogens with one attached hydrogen (secondary N) is 2. The average molecular weight is 485 g/mol. The molecule has 0 bridgehead atoms. The van der Waals surface area contributed by atoms with Gasteiger partial charge in [0.25, 0.3) is 10.0 Å². The molecule has 0 aromatic heterocycles. The van der Waals surface area contributed by atoms with E-state index in [9.17, 15) is 8.42 Å². The Morgan fingerprint density at radius 1 is 1.03 bits per heavy atom. The largest absolute Gasteiger partial charge is 0.378 e. The van der Waals surface area contributed by atoms with Crippen molar-refractivity contribution in [2.24, 2.45) is 5.92 Å². The lowest BCUT2D eigenvalue weighted by atomic mass is 9.77. The number of aryl methyl sites for hydroxylation is 1. The molecule has 1 aliphatic carbocycles. The number of hydrogen-bond donors (Lipinski definition) is 2. The summed E-state index contributed by atoms with van der Waals surface area (Å²) in [6.45, 7) is 2.10. The van der Waals surface area contributed by atoms with E-state index in [1.165, 1.54) is 17.2 Å². The summed E-state index contributed by atoms with van der Waals surface area (Å²) in [5.74, 6) is 0.493. The molecule has 0 spiro atoms. The number of sulfonamides is 1. The number of rotatable bonds is 4. The third-order valence-corrected chi connectivity index (χ3v) is 8.13. The predicted molar refractivity (Wildman–Crippen MR) is 131 cm³/mol. The zero-order chi connectivity index (χ0) is 22.5. The maximum absolute atomic E-state index is 13.1. The topological polar surface area (TPSA) is 58.2 Å². The van der Waals surface area contributed by atoms with Gasteiger partial charge >= 0.3 is 0 Å². The molecule has 3 aromatic carbocycles. The van der Waals surface area contributed by atoms with Gasteiger partial charge in [0.2, 0.25) is 0 Å². The van der Waals surface area contributed by atoms with E-state index in [-0.39, 0.29) is 21.9 Å². The van der Waals surface area contributed by atoms with Gasteiger partial charge in [-0.05, 0) is 66.8 Å². The molecule has 4 nitrogen and oxygen atoms in total. The van der Waals surface area contributed by atoms with Gasteiger partial charge in [-0.1, -0.05) is 65.2 Å². The van der Waals surface area contributed by atoms with E-state index in [2.05, 4.69) is 53.4 Å². The van der Waals surface area contributed by atoms with Gasteiger partial charge in [-0.3, -0.25) is 4.72 Å². The van der Waals surface area contributed by atoms with E-state index in [1.807, 2.05) is 6.07 Å². The molecule has 3 atom stereocenters. The van der Waals surface area contributed by atoms with Crippen LogP contribution in [0.2, 0.25) is 10.0 Å². The van der Waals surface area contributed by atoms with Crippen molar-refractivity contribution in [3.63, 3.8) is 0 Å². The first-order valence-corrected chi connectivity index (χ1v) is 12.7. The Morgan fingerprint density at radius 2 is 1.88 bits per heavy atom. The smallest absolute Gasteiger partial charge is 0.261 e. The molecule has 0 radical (unpaired) electrons. The standard InChI is InChI=1S/C25H22Cl2N2O2S/c1-15-4-2-5-16(12-15)25-20-7-3-6-19(20)21-14-18(9-11-23(21)28-25)32(30,31)29-24-10-8-17(26)13-22(24)27/h2-6,8-14,19-20,25,28-29H,7H2,1H3/t19-,20+,25+/m0/s1. The number of fused-ring (bicyclic) bond motifs is 3. The zero-order valence-electron chi connectivity index (χ0n) is 17.3. The first-order valence-electron chi connectivity index (χ1n) is 10.4. The van der Waals surface area contributed by atoms with Gasteiger partial charge < -0.3 is 5.32 Å². The number of hydrogen-bond acceptors (Lipinski definition) is 3. The van der Waals surface area contributed by atoms with Crippen molar-refractivity contribution in [2.45, 2.75) is 30.2 Å². The Labute approximate surface area is 198 Å². The second-order valence-corrected chi connectivity index (χ2v) is 10.9. The highest BCUT2D eigenvalue weighted by atomic mass is 35.5. The average Bonchev–Trinajstić information content (AvgIpc) is 3.25. The monoisotopic (exact) mass is 484 g/mol. The van der Waals surface area contributed by atoms with Crippen molar-refractivity contribution in [1.29, 1.82) is 0 Å². The van der Waals surface area contributed by atoms with Gasteiger partial charge in [0.05, 0.1) is 21.6 Å². The molecule has 3 aromatic rings. The van der Waals surface area contributed by atoms with Crippen molar-refractivity contribution in [3.05, 3.63) is 99.6 Å². The minimum absolute atomic E-state index is 0.158. The van der Waals surface area contributed by atoms with Crippen LogP contribution >= 0.6 is 23.2 Å². The summed E-state index contributed by atoms with van der Waals surface area (Å²) in [7, 11) is -3.81. The molecule has 164 valence electrons. The lowest BCUT2D eigenvalue weighted by Crippen LogP contribution is -2.29. The highest BCUT2D eigenvalue weighted by Crippen LogP contribution is 2.50. The Bertz CT molecular complexity index is 1340. The summed E-state index contributed by atoms with van der Waals surface area (Å²) in [4.78, 5) is 0.206. The molecule has 2 aliphatic rings. The van der Waals surface area contributed by atoms with Crippen LogP contribution in [-0.4, -0.2) is 8.42 Å². The molecule has 7 heteroatoms. The molecule has 0 amide bonds. The Kier molecular flexibility index (Phi) is 5.44. The molecule has 5 rings (SSSR count). The van der Waals surface area contributed by atoms with Crippen LogP contribution in [-0.2, 0) is 10.0 Å². The van der Waals surface area contributed by atoms with E-state index in [4.69, 9.17) is 23.2 Å². The van der Waals surface area contributed by atoms with Crippen LogP contribution in [0.15, 0.2) is 77.7 Å². The third-order valence-electron chi connectivity index (χ3n) is 6.22. The van der Waals surface area contributed by atoms with Crippen LogP contribution in [0.1, 0.15) is 35.1 Å². The second kappa shape index (κ2) is 8.14. The highest BCUT2D eigenvalue weighted by Gasteiger charge is 2.38. The van der Waals surface area contributed by atoms with Crippen LogP contribution in [0.5, 0.6) is 0 Å². The Morgan fingerprint density at radius 3 is 2.66 bits per heavy atom. The molecule has 2 N–H and O–H groups in total. The maximum Gasteiger partial charge on any atom is 0.261 e. The van der Waals surface area contributed by atoms with Crippen molar-refractivity contribution < 1.29 is 8.42 Å². The van der Waals surface area contributed by atoms with Gasteiger partial charge in [0, 0.05) is 16.6 Å².